The molecule has 0 saturated carbocycles. The molecule has 0 N–H and O–H groups in total. The predicted molar refractivity (Wildman–Crippen MR) is 65.8 cm³/mol. The second-order valence-electron chi connectivity index (χ2n) is 6.23. The first kappa shape index (κ1) is 11.4. The summed E-state index contributed by atoms with van der Waals surface area (Å²) in [5.41, 5.74) is 0. The molecule has 0 spiro atoms. The summed E-state index contributed by atoms with van der Waals surface area (Å²) in [4.78, 5) is 0. The smallest absolute Gasteiger partial charge is 0.0916 e. The standard InChI is InChI=1S/C14H28N/c1-4-12-8-7-10-13-9-5-6-11-14(12)15(13,2)3/h12-14H,4-11H2,1-3H3/q+1. The van der Waals surface area contributed by atoms with Gasteiger partial charge in [-0.3, -0.25) is 0 Å². The van der Waals surface area contributed by atoms with Crippen molar-refractivity contribution in [3.8, 4) is 0 Å². The Bertz CT molecular complexity index is 209. The van der Waals surface area contributed by atoms with Crippen LogP contribution in [0.4, 0.5) is 0 Å². The van der Waals surface area contributed by atoms with Gasteiger partial charge in [0.2, 0.25) is 0 Å². The molecule has 1 heteroatoms. The lowest BCUT2D eigenvalue weighted by Gasteiger charge is -2.44. The number of hydrogen-bond donors (Lipinski definition) is 0. The Morgan fingerprint density at radius 3 is 2.33 bits per heavy atom. The van der Waals surface area contributed by atoms with Gasteiger partial charge in [-0.2, -0.15) is 0 Å². The molecule has 0 radical (unpaired) electrons. The summed E-state index contributed by atoms with van der Waals surface area (Å²) in [5.74, 6) is 1.00. The zero-order chi connectivity index (χ0) is 10.9. The highest BCUT2D eigenvalue weighted by Crippen LogP contribution is 2.39. The molecule has 2 aliphatic rings. The molecule has 2 heterocycles. The average molecular weight is 210 g/mol. The van der Waals surface area contributed by atoms with Gasteiger partial charge in [-0.1, -0.05) is 6.92 Å². The lowest BCUT2D eigenvalue weighted by atomic mass is 9.88. The van der Waals surface area contributed by atoms with Crippen LogP contribution in [-0.2, 0) is 0 Å². The molecule has 0 aromatic rings. The summed E-state index contributed by atoms with van der Waals surface area (Å²) < 4.78 is 1.33. The Morgan fingerprint density at radius 1 is 0.933 bits per heavy atom. The van der Waals surface area contributed by atoms with Gasteiger partial charge in [-0.25, -0.2) is 0 Å². The third kappa shape index (κ3) is 2.08. The highest BCUT2D eigenvalue weighted by molar-refractivity contribution is 4.79. The van der Waals surface area contributed by atoms with Crippen LogP contribution in [0.1, 0.15) is 58.3 Å². The monoisotopic (exact) mass is 210 g/mol. The second kappa shape index (κ2) is 4.45. The molecule has 0 amide bonds. The lowest BCUT2D eigenvalue weighted by Crippen LogP contribution is -2.56. The van der Waals surface area contributed by atoms with Crippen LogP contribution < -0.4 is 0 Å². The molecule has 2 bridgehead atoms. The lowest BCUT2D eigenvalue weighted by molar-refractivity contribution is -0.940. The summed E-state index contributed by atoms with van der Waals surface area (Å²) in [5, 5.41) is 0. The molecule has 88 valence electrons. The molecule has 0 aromatic heterocycles. The van der Waals surface area contributed by atoms with Crippen molar-refractivity contribution in [1.82, 2.24) is 0 Å². The topological polar surface area (TPSA) is 0 Å². The van der Waals surface area contributed by atoms with Crippen LogP contribution >= 0.6 is 0 Å². The van der Waals surface area contributed by atoms with Crippen LogP contribution in [0.3, 0.4) is 0 Å². The zero-order valence-corrected chi connectivity index (χ0v) is 10.8. The van der Waals surface area contributed by atoms with Gasteiger partial charge in [-0.15, -0.1) is 0 Å². The Balaban J connectivity index is 2.24. The molecule has 15 heavy (non-hydrogen) atoms. The number of nitrogens with zero attached hydrogens (tertiary/aromatic N) is 1. The maximum Gasteiger partial charge on any atom is 0.0916 e. The van der Waals surface area contributed by atoms with E-state index in [2.05, 4.69) is 21.0 Å². The van der Waals surface area contributed by atoms with Crippen LogP contribution in [0.15, 0.2) is 0 Å². The summed E-state index contributed by atoms with van der Waals surface area (Å²) in [6.07, 6.45) is 11.8. The summed E-state index contributed by atoms with van der Waals surface area (Å²) >= 11 is 0. The average Bonchev–Trinajstić information content (AvgIpc) is 2.43. The summed E-state index contributed by atoms with van der Waals surface area (Å²) in [7, 11) is 5.02. The first-order chi connectivity index (χ1) is 7.16. The number of quaternary nitrogens is 1. The normalized spacial score (nSPS) is 40.6. The second-order valence-corrected chi connectivity index (χ2v) is 6.23. The molecule has 3 unspecified atom stereocenters. The van der Waals surface area contributed by atoms with E-state index < -0.39 is 0 Å². The Hall–Kier alpha value is -0.0400. The highest BCUT2D eigenvalue weighted by Gasteiger charge is 2.43. The number of fused-ring (bicyclic) bond motifs is 2. The van der Waals surface area contributed by atoms with E-state index >= 15 is 0 Å². The molecule has 3 atom stereocenters. The van der Waals surface area contributed by atoms with E-state index in [0.717, 1.165) is 18.0 Å². The molecule has 2 rings (SSSR count). The van der Waals surface area contributed by atoms with Gasteiger partial charge in [0.15, 0.2) is 0 Å². The first-order valence-electron chi connectivity index (χ1n) is 6.99. The predicted octanol–water partition coefficient (Wildman–Crippen LogP) is 3.58. The van der Waals surface area contributed by atoms with E-state index in [1.165, 1.54) is 55.8 Å². The summed E-state index contributed by atoms with van der Waals surface area (Å²) in [6, 6.07) is 1.93. The fourth-order valence-electron chi connectivity index (χ4n) is 4.21. The van der Waals surface area contributed by atoms with Crippen LogP contribution in [0.25, 0.3) is 0 Å². The van der Waals surface area contributed by atoms with E-state index in [0.29, 0.717) is 0 Å². The van der Waals surface area contributed by atoms with Crippen LogP contribution in [-0.4, -0.2) is 30.7 Å². The van der Waals surface area contributed by atoms with Crippen molar-refractivity contribution in [3.63, 3.8) is 0 Å². The Morgan fingerprint density at radius 2 is 1.60 bits per heavy atom. The van der Waals surface area contributed by atoms with Crippen molar-refractivity contribution < 1.29 is 4.48 Å². The molecule has 2 saturated heterocycles. The molecule has 1 nitrogen and oxygen atoms in total. The maximum atomic E-state index is 2.51. The molecular weight excluding hydrogens is 182 g/mol. The van der Waals surface area contributed by atoms with Gasteiger partial charge in [0.1, 0.15) is 0 Å². The molecule has 2 aliphatic heterocycles. The van der Waals surface area contributed by atoms with Gasteiger partial charge in [0, 0.05) is 5.92 Å². The SMILES string of the molecule is CCC1CCCC2CCCCC1[N+]2(C)C. The molecular formula is C14H28N+. The molecule has 2 fully saturated rings. The molecule has 0 aromatic carbocycles. The van der Waals surface area contributed by atoms with Crippen LogP contribution in [0, 0.1) is 5.92 Å². The van der Waals surface area contributed by atoms with E-state index in [1.807, 2.05) is 0 Å². The number of rotatable bonds is 1. The Labute approximate surface area is 95.4 Å². The van der Waals surface area contributed by atoms with Crippen molar-refractivity contribution in [2.24, 2.45) is 5.92 Å². The minimum absolute atomic E-state index is 0.963. The van der Waals surface area contributed by atoms with E-state index in [1.54, 1.807) is 0 Å². The van der Waals surface area contributed by atoms with Crippen molar-refractivity contribution >= 4 is 0 Å². The highest BCUT2D eigenvalue weighted by atomic mass is 15.4. The third-order valence-electron chi connectivity index (χ3n) is 5.26. The minimum atomic E-state index is 0.963. The fraction of sp³-hybridized carbons (Fsp3) is 1.00. The minimum Gasteiger partial charge on any atom is -0.323 e. The van der Waals surface area contributed by atoms with Gasteiger partial charge in [0.25, 0.3) is 0 Å². The van der Waals surface area contributed by atoms with Gasteiger partial charge in [0.05, 0.1) is 26.2 Å². The maximum absolute atomic E-state index is 2.51. The van der Waals surface area contributed by atoms with Gasteiger partial charge >= 0.3 is 0 Å². The van der Waals surface area contributed by atoms with Crippen molar-refractivity contribution in [1.29, 1.82) is 0 Å². The van der Waals surface area contributed by atoms with Crippen molar-refractivity contribution in [2.45, 2.75) is 70.4 Å². The van der Waals surface area contributed by atoms with E-state index in [-0.39, 0.29) is 0 Å². The van der Waals surface area contributed by atoms with Crippen molar-refractivity contribution in [2.75, 3.05) is 14.1 Å². The first-order valence-corrected chi connectivity index (χ1v) is 6.99. The largest absolute Gasteiger partial charge is 0.323 e. The zero-order valence-electron chi connectivity index (χ0n) is 10.8. The van der Waals surface area contributed by atoms with E-state index in [9.17, 15) is 0 Å². The van der Waals surface area contributed by atoms with Gasteiger partial charge in [-0.05, 0) is 51.4 Å². The van der Waals surface area contributed by atoms with Crippen LogP contribution in [0.5, 0.6) is 0 Å². The quantitative estimate of drug-likeness (QED) is 0.580. The van der Waals surface area contributed by atoms with Gasteiger partial charge < -0.3 is 4.48 Å². The third-order valence-corrected chi connectivity index (χ3v) is 5.26. The Kier molecular flexibility index (Phi) is 3.39. The van der Waals surface area contributed by atoms with Crippen LogP contribution in [0.2, 0.25) is 0 Å². The number of hydrogen-bond acceptors (Lipinski definition) is 0. The fourth-order valence-corrected chi connectivity index (χ4v) is 4.21. The van der Waals surface area contributed by atoms with Crippen molar-refractivity contribution in [3.05, 3.63) is 0 Å². The van der Waals surface area contributed by atoms with E-state index in [4.69, 9.17) is 0 Å². The summed E-state index contributed by atoms with van der Waals surface area (Å²) in [6.45, 7) is 2.40. The molecule has 0 aliphatic carbocycles.